The molecule has 0 fully saturated rings. The van der Waals surface area contributed by atoms with Crippen molar-refractivity contribution in [3.05, 3.63) is 12.7 Å². The highest BCUT2D eigenvalue weighted by Gasteiger charge is 2.04. The van der Waals surface area contributed by atoms with Gasteiger partial charge in [0.1, 0.15) is 0 Å². The quantitative estimate of drug-likeness (QED) is 0.427. The fraction of sp³-hybridized carbons (Fsp3) is 0.882. The summed E-state index contributed by atoms with van der Waals surface area (Å²) in [5, 5.41) is 0. The predicted octanol–water partition coefficient (Wildman–Crippen LogP) is 6.47. The lowest BCUT2D eigenvalue weighted by Crippen LogP contribution is -2.00. The SMILES string of the molecule is C=CCCC.CC(C)CCCC(C)CC(C)C. The molecule has 1 unspecified atom stereocenters. The predicted molar refractivity (Wildman–Crippen MR) is 82.4 cm³/mol. The molecule has 0 aromatic rings. The summed E-state index contributed by atoms with van der Waals surface area (Å²) in [6.07, 6.45) is 9.96. The van der Waals surface area contributed by atoms with Gasteiger partial charge in [0.25, 0.3) is 0 Å². The van der Waals surface area contributed by atoms with Crippen LogP contribution in [-0.4, -0.2) is 0 Å². The molecule has 0 saturated heterocycles. The van der Waals surface area contributed by atoms with E-state index in [1.54, 1.807) is 0 Å². The zero-order chi connectivity index (χ0) is 13.7. The molecule has 0 aromatic heterocycles. The Kier molecular flexibility index (Phi) is 15.5. The standard InChI is InChI=1S/C12H26.C5H10/c1-10(2)7-6-8-12(5)9-11(3)4;1-3-5-4-2/h10-12H,6-9H2,1-5H3;3H,1,4-5H2,2H3. The Labute approximate surface area is 111 Å². The van der Waals surface area contributed by atoms with Gasteiger partial charge in [0.15, 0.2) is 0 Å². The van der Waals surface area contributed by atoms with Gasteiger partial charge in [-0.1, -0.05) is 73.3 Å². The van der Waals surface area contributed by atoms with Gasteiger partial charge >= 0.3 is 0 Å². The Morgan fingerprint density at radius 3 is 1.82 bits per heavy atom. The van der Waals surface area contributed by atoms with Crippen molar-refractivity contribution in [1.29, 1.82) is 0 Å². The maximum absolute atomic E-state index is 3.55. The molecule has 0 spiro atoms. The maximum Gasteiger partial charge on any atom is -0.0356 e. The number of rotatable bonds is 8. The molecule has 0 heterocycles. The van der Waals surface area contributed by atoms with Crippen molar-refractivity contribution in [2.24, 2.45) is 17.8 Å². The van der Waals surface area contributed by atoms with Crippen molar-refractivity contribution in [3.63, 3.8) is 0 Å². The molecule has 0 aliphatic rings. The van der Waals surface area contributed by atoms with Gasteiger partial charge in [-0.2, -0.15) is 0 Å². The largest absolute Gasteiger partial charge is 0.103 e. The van der Waals surface area contributed by atoms with Crippen LogP contribution in [0.25, 0.3) is 0 Å². The molecular weight excluding hydrogens is 204 g/mol. The highest BCUT2D eigenvalue weighted by Crippen LogP contribution is 2.18. The molecule has 0 heteroatoms. The molecule has 0 bridgehead atoms. The van der Waals surface area contributed by atoms with E-state index in [-0.39, 0.29) is 0 Å². The van der Waals surface area contributed by atoms with Crippen LogP contribution in [-0.2, 0) is 0 Å². The molecule has 0 N–H and O–H groups in total. The molecule has 104 valence electrons. The Bertz CT molecular complexity index is 144. The van der Waals surface area contributed by atoms with Crippen molar-refractivity contribution in [2.45, 2.75) is 80.1 Å². The van der Waals surface area contributed by atoms with E-state index in [9.17, 15) is 0 Å². The fourth-order valence-electron chi connectivity index (χ4n) is 2.00. The summed E-state index contributed by atoms with van der Waals surface area (Å²) in [6, 6.07) is 0. The molecule has 1 atom stereocenters. The Hall–Kier alpha value is -0.260. The first kappa shape index (κ1) is 19.1. The summed E-state index contributed by atoms with van der Waals surface area (Å²) in [6.45, 7) is 17.3. The van der Waals surface area contributed by atoms with E-state index in [1.165, 1.54) is 32.1 Å². The minimum absolute atomic E-state index is 0.874. The van der Waals surface area contributed by atoms with E-state index in [4.69, 9.17) is 0 Å². The average molecular weight is 240 g/mol. The highest BCUT2D eigenvalue weighted by atomic mass is 14.1. The van der Waals surface area contributed by atoms with Gasteiger partial charge in [-0.05, 0) is 30.6 Å². The Morgan fingerprint density at radius 2 is 1.53 bits per heavy atom. The van der Waals surface area contributed by atoms with Crippen molar-refractivity contribution < 1.29 is 0 Å². The van der Waals surface area contributed by atoms with E-state index >= 15 is 0 Å². The summed E-state index contributed by atoms with van der Waals surface area (Å²) < 4.78 is 0. The smallest absolute Gasteiger partial charge is 0.0356 e. The van der Waals surface area contributed by atoms with Gasteiger partial charge in [-0.15, -0.1) is 6.58 Å². The highest BCUT2D eigenvalue weighted by molar-refractivity contribution is 4.63. The third-order valence-electron chi connectivity index (χ3n) is 2.84. The summed E-state index contributed by atoms with van der Waals surface area (Å²) >= 11 is 0. The van der Waals surface area contributed by atoms with Crippen LogP contribution >= 0.6 is 0 Å². The molecule has 0 radical (unpaired) electrons. The lowest BCUT2D eigenvalue weighted by Gasteiger charge is -2.14. The number of unbranched alkanes of at least 4 members (excludes halogenated alkanes) is 1. The molecule has 0 saturated carbocycles. The van der Waals surface area contributed by atoms with Crippen LogP contribution in [0.4, 0.5) is 0 Å². The molecule has 17 heavy (non-hydrogen) atoms. The molecule has 0 nitrogen and oxygen atoms in total. The van der Waals surface area contributed by atoms with Crippen molar-refractivity contribution in [1.82, 2.24) is 0 Å². The number of allylic oxidation sites excluding steroid dienone is 1. The summed E-state index contributed by atoms with van der Waals surface area (Å²) in [5.74, 6) is 2.69. The molecule has 0 aromatic carbocycles. The first-order valence-corrected chi connectivity index (χ1v) is 7.54. The molecule has 0 aliphatic carbocycles. The van der Waals surface area contributed by atoms with Crippen LogP contribution in [0, 0.1) is 17.8 Å². The third kappa shape index (κ3) is 21.6. The minimum Gasteiger partial charge on any atom is -0.103 e. The van der Waals surface area contributed by atoms with E-state index in [2.05, 4.69) is 48.1 Å². The van der Waals surface area contributed by atoms with E-state index in [1.807, 2.05) is 6.08 Å². The van der Waals surface area contributed by atoms with E-state index in [0.717, 1.165) is 24.2 Å². The van der Waals surface area contributed by atoms with E-state index < -0.39 is 0 Å². The normalized spacial score (nSPS) is 12.2. The van der Waals surface area contributed by atoms with Crippen LogP contribution in [0.3, 0.4) is 0 Å². The third-order valence-corrected chi connectivity index (χ3v) is 2.84. The van der Waals surface area contributed by atoms with Crippen LogP contribution in [0.15, 0.2) is 12.7 Å². The van der Waals surface area contributed by atoms with Gasteiger partial charge in [0.05, 0.1) is 0 Å². The monoisotopic (exact) mass is 240 g/mol. The second-order valence-corrected chi connectivity index (χ2v) is 6.14. The zero-order valence-corrected chi connectivity index (χ0v) is 13.3. The van der Waals surface area contributed by atoms with Gasteiger partial charge in [0.2, 0.25) is 0 Å². The molecule has 0 aliphatic heterocycles. The number of hydrogen-bond donors (Lipinski definition) is 0. The molecule has 0 amide bonds. The summed E-state index contributed by atoms with van der Waals surface area (Å²) in [7, 11) is 0. The topological polar surface area (TPSA) is 0 Å². The summed E-state index contributed by atoms with van der Waals surface area (Å²) in [4.78, 5) is 0. The van der Waals surface area contributed by atoms with Gasteiger partial charge < -0.3 is 0 Å². The van der Waals surface area contributed by atoms with Crippen LogP contribution in [0.2, 0.25) is 0 Å². The molecule has 0 rings (SSSR count). The lowest BCUT2D eigenvalue weighted by atomic mass is 9.93. The van der Waals surface area contributed by atoms with Crippen LogP contribution in [0.1, 0.15) is 80.1 Å². The van der Waals surface area contributed by atoms with Crippen LogP contribution < -0.4 is 0 Å². The van der Waals surface area contributed by atoms with E-state index in [0.29, 0.717) is 0 Å². The van der Waals surface area contributed by atoms with Crippen molar-refractivity contribution in [3.8, 4) is 0 Å². The minimum atomic E-state index is 0.874. The maximum atomic E-state index is 3.55. The van der Waals surface area contributed by atoms with Gasteiger partial charge in [-0.3, -0.25) is 0 Å². The number of hydrogen-bond acceptors (Lipinski definition) is 0. The van der Waals surface area contributed by atoms with Gasteiger partial charge in [0, 0.05) is 0 Å². The Morgan fingerprint density at radius 1 is 0.941 bits per heavy atom. The van der Waals surface area contributed by atoms with Crippen molar-refractivity contribution in [2.75, 3.05) is 0 Å². The Balaban J connectivity index is 0. The average Bonchev–Trinajstić information content (AvgIpc) is 2.17. The second-order valence-electron chi connectivity index (χ2n) is 6.14. The fourth-order valence-corrected chi connectivity index (χ4v) is 2.00. The van der Waals surface area contributed by atoms with Gasteiger partial charge in [-0.25, -0.2) is 0 Å². The zero-order valence-electron chi connectivity index (χ0n) is 13.3. The lowest BCUT2D eigenvalue weighted by molar-refractivity contribution is 0.388. The van der Waals surface area contributed by atoms with Crippen molar-refractivity contribution >= 4 is 0 Å². The molecular formula is C17H36. The first-order chi connectivity index (χ1) is 7.93. The summed E-state index contributed by atoms with van der Waals surface area (Å²) in [5.41, 5.74) is 0. The first-order valence-electron chi connectivity index (χ1n) is 7.54. The second kappa shape index (κ2) is 13.8. The van der Waals surface area contributed by atoms with Crippen LogP contribution in [0.5, 0.6) is 0 Å².